The largest absolute Gasteiger partial charge is 0.379 e. The maximum absolute atomic E-state index is 11.9. The smallest absolute Gasteiger partial charge is 0.242 e. The summed E-state index contributed by atoms with van der Waals surface area (Å²) in [6, 6.07) is 9.73. The van der Waals surface area contributed by atoms with Crippen LogP contribution in [0.1, 0.15) is 11.5 Å². The SMILES string of the molecule is NNC(=O)C(CN1CCOCC1)c1ccccc1. The van der Waals surface area contributed by atoms with Crippen molar-refractivity contribution >= 4 is 5.91 Å². The molecule has 2 rings (SSSR count). The van der Waals surface area contributed by atoms with E-state index >= 15 is 0 Å². The summed E-state index contributed by atoms with van der Waals surface area (Å²) >= 11 is 0. The summed E-state index contributed by atoms with van der Waals surface area (Å²) in [6.45, 7) is 3.86. The maximum Gasteiger partial charge on any atom is 0.242 e. The molecule has 1 aromatic rings. The van der Waals surface area contributed by atoms with Gasteiger partial charge in [-0.1, -0.05) is 30.3 Å². The van der Waals surface area contributed by atoms with Crippen molar-refractivity contribution in [1.29, 1.82) is 0 Å². The summed E-state index contributed by atoms with van der Waals surface area (Å²) in [5, 5.41) is 0. The molecule has 0 spiro atoms. The summed E-state index contributed by atoms with van der Waals surface area (Å²) in [7, 11) is 0. The van der Waals surface area contributed by atoms with Crippen LogP contribution >= 0.6 is 0 Å². The van der Waals surface area contributed by atoms with Gasteiger partial charge in [0.1, 0.15) is 0 Å². The molecule has 98 valence electrons. The van der Waals surface area contributed by atoms with E-state index in [1.807, 2.05) is 30.3 Å². The highest BCUT2D eigenvalue weighted by Gasteiger charge is 2.23. The van der Waals surface area contributed by atoms with E-state index in [0.717, 1.165) is 31.9 Å². The predicted octanol–water partition coefficient (Wildman–Crippen LogP) is 0.0923. The van der Waals surface area contributed by atoms with Crippen LogP contribution in [0.15, 0.2) is 30.3 Å². The van der Waals surface area contributed by atoms with Crippen LogP contribution in [0.3, 0.4) is 0 Å². The van der Waals surface area contributed by atoms with Crippen LogP contribution in [0.25, 0.3) is 0 Å². The highest BCUT2D eigenvalue weighted by Crippen LogP contribution is 2.17. The minimum Gasteiger partial charge on any atom is -0.379 e. The molecule has 1 fully saturated rings. The van der Waals surface area contributed by atoms with Gasteiger partial charge in [-0.2, -0.15) is 0 Å². The highest BCUT2D eigenvalue weighted by atomic mass is 16.5. The second-order valence-corrected chi connectivity index (χ2v) is 4.38. The van der Waals surface area contributed by atoms with E-state index in [-0.39, 0.29) is 11.8 Å². The molecule has 18 heavy (non-hydrogen) atoms. The van der Waals surface area contributed by atoms with E-state index in [4.69, 9.17) is 10.6 Å². The van der Waals surface area contributed by atoms with Crippen LogP contribution in [0.4, 0.5) is 0 Å². The quantitative estimate of drug-likeness (QED) is 0.451. The Hall–Kier alpha value is -1.43. The number of benzene rings is 1. The van der Waals surface area contributed by atoms with Gasteiger partial charge in [0.15, 0.2) is 0 Å². The zero-order valence-corrected chi connectivity index (χ0v) is 10.3. The van der Waals surface area contributed by atoms with Gasteiger partial charge in [-0.3, -0.25) is 15.1 Å². The Kier molecular flexibility index (Phi) is 4.69. The van der Waals surface area contributed by atoms with Crippen molar-refractivity contribution in [3.05, 3.63) is 35.9 Å². The van der Waals surface area contributed by atoms with Crippen molar-refractivity contribution < 1.29 is 9.53 Å². The molecule has 1 saturated heterocycles. The van der Waals surface area contributed by atoms with Crippen LogP contribution < -0.4 is 11.3 Å². The van der Waals surface area contributed by atoms with Gasteiger partial charge >= 0.3 is 0 Å². The van der Waals surface area contributed by atoms with Crippen LogP contribution in [0, 0.1) is 0 Å². The molecule has 3 N–H and O–H groups in total. The molecule has 1 unspecified atom stereocenters. The molecule has 0 aromatic heterocycles. The number of ether oxygens (including phenoxy) is 1. The summed E-state index contributed by atoms with van der Waals surface area (Å²) in [4.78, 5) is 14.1. The summed E-state index contributed by atoms with van der Waals surface area (Å²) in [6.07, 6.45) is 0. The average Bonchev–Trinajstić information content (AvgIpc) is 2.46. The van der Waals surface area contributed by atoms with Crippen LogP contribution in [-0.2, 0) is 9.53 Å². The number of morpholine rings is 1. The van der Waals surface area contributed by atoms with Gasteiger partial charge in [0, 0.05) is 19.6 Å². The molecular weight excluding hydrogens is 230 g/mol. The molecule has 1 aliphatic rings. The molecule has 5 nitrogen and oxygen atoms in total. The number of nitrogens with two attached hydrogens (primary N) is 1. The van der Waals surface area contributed by atoms with Crippen molar-refractivity contribution in [2.45, 2.75) is 5.92 Å². The Morgan fingerprint density at radius 1 is 1.33 bits per heavy atom. The summed E-state index contributed by atoms with van der Waals surface area (Å²) in [5.41, 5.74) is 3.25. The minimum atomic E-state index is -0.228. The lowest BCUT2D eigenvalue weighted by molar-refractivity contribution is -0.123. The van der Waals surface area contributed by atoms with Crippen LogP contribution in [0.2, 0.25) is 0 Å². The third-order valence-corrected chi connectivity index (χ3v) is 3.21. The third kappa shape index (κ3) is 3.29. The molecule has 1 heterocycles. The molecule has 0 aliphatic carbocycles. The van der Waals surface area contributed by atoms with Gasteiger partial charge in [-0.25, -0.2) is 5.84 Å². The number of hydrazine groups is 1. The standard InChI is InChI=1S/C13H19N3O2/c14-15-13(17)12(11-4-2-1-3-5-11)10-16-6-8-18-9-7-16/h1-5,12H,6-10,14H2,(H,15,17). The number of amides is 1. The van der Waals surface area contributed by atoms with Crippen molar-refractivity contribution in [1.82, 2.24) is 10.3 Å². The van der Waals surface area contributed by atoms with Crippen molar-refractivity contribution in [3.8, 4) is 0 Å². The fraction of sp³-hybridized carbons (Fsp3) is 0.462. The molecule has 0 saturated carbocycles. The second kappa shape index (κ2) is 6.49. The van der Waals surface area contributed by atoms with Crippen molar-refractivity contribution in [3.63, 3.8) is 0 Å². The van der Waals surface area contributed by atoms with E-state index in [1.165, 1.54) is 0 Å². The van der Waals surface area contributed by atoms with Crippen LogP contribution in [0.5, 0.6) is 0 Å². The highest BCUT2D eigenvalue weighted by molar-refractivity contribution is 5.83. The fourth-order valence-electron chi connectivity index (χ4n) is 2.17. The second-order valence-electron chi connectivity index (χ2n) is 4.38. The maximum atomic E-state index is 11.9. The van der Waals surface area contributed by atoms with E-state index in [2.05, 4.69) is 10.3 Å². The average molecular weight is 249 g/mol. The molecule has 5 heteroatoms. The lowest BCUT2D eigenvalue weighted by Crippen LogP contribution is -2.44. The van der Waals surface area contributed by atoms with E-state index in [9.17, 15) is 4.79 Å². The van der Waals surface area contributed by atoms with Gasteiger partial charge in [-0.05, 0) is 5.56 Å². The number of nitrogens with zero attached hydrogens (tertiary/aromatic N) is 1. The normalized spacial score (nSPS) is 18.3. The summed E-state index contributed by atoms with van der Waals surface area (Å²) in [5.74, 6) is 4.90. The van der Waals surface area contributed by atoms with E-state index in [0.29, 0.717) is 6.54 Å². The molecule has 0 bridgehead atoms. The molecule has 1 atom stereocenters. The zero-order chi connectivity index (χ0) is 12.8. The Bertz CT molecular complexity index is 377. The number of nitrogens with one attached hydrogen (secondary N) is 1. The van der Waals surface area contributed by atoms with Gasteiger partial charge in [-0.15, -0.1) is 0 Å². The van der Waals surface area contributed by atoms with Crippen molar-refractivity contribution in [2.75, 3.05) is 32.8 Å². The topological polar surface area (TPSA) is 67.6 Å². The first-order valence-electron chi connectivity index (χ1n) is 6.17. The molecule has 1 aromatic carbocycles. The van der Waals surface area contributed by atoms with E-state index in [1.54, 1.807) is 0 Å². The Labute approximate surface area is 107 Å². The van der Waals surface area contributed by atoms with Gasteiger partial charge in [0.05, 0.1) is 19.1 Å². The molecule has 0 radical (unpaired) electrons. The number of carbonyl (C=O) groups excluding carboxylic acids is 1. The molecule has 1 aliphatic heterocycles. The monoisotopic (exact) mass is 249 g/mol. The molecule has 1 amide bonds. The van der Waals surface area contributed by atoms with Crippen molar-refractivity contribution in [2.24, 2.45) is 5.84 Å². The minimum absolute atomic E-state index is 0.146. The lowest BCUT2D eigenvalue weighted by atomic mass is 9.97. The number of rotatable bonds is 4. The van der Waals surface area contributed by atoms with Gasteiger partial charge < -0.3 is 4.74 Å². The zero-order valence-electron chi connectivity index (χ0n) is 10.3. The van der Waals surface area contributed by atoms with Crippen LogP contribution in [-0.4, -0.2) is 43.7 Å². The fourth-order valence-corrected chi connectivity index (χ4v) is 2.17. The number of hydrogen-bond donors (Lipinski definition) is 2. The third-order valence-electron chi connectivity index (χ3n) is 3.21. The first kappa shape index (κ1) is 13.0. The summed E-state index contributed by atoms with van der Waals surface area (Å²) < 4.78 is 5.31. The predicted molar refractivity (Wildman–Crippen MR) is 68.8 cm³/mol. The Morgan fingerprint density at radius 3 is 2.61 bits per heavy atom. The van der Waals surface area contributed by atoms with Gasteiger partial charge in [0.25, 0.3) is 0 Å². The number of carbonyl (C=O) groups is 1. The van der Waals surface area contributed by atoms with Gasteiger partial charge in [0.2, 0.25) is 5.91 Å². The van der Waals surface area contributed by atoms with E-state index < -0.39 is 0 Å². The first-order valence-corrected chi connectivity index (χ1v) is 6.17. The first-order chi connectivity index (χ1) is 8.81. The Balaban J connectivity index is 2.07. The number of hydrogen-bond acceptors (Lipinski definition) is 4. The molecular formula is C13H19N3O2. The Morgan fingerprint density at radius 2 is 2.00 bits per heavy atom. The lowest BCUT2D eigenvalue weighted by Gasteiger charge is -2.29.